The molecule has 0 atom stereocenters. The molecule has 0 radical (unpaired) electrons. The molecular formula is C24H27F3N4O3. The van der Waals surface area contributed by atoms with E-state index in [1.807, 2.05) is 16.9 Å². The van der Waals surface area contributed by atoms with Gasteiger partial charge in [-0.3, -0.25) is 9.48 Å². The van der Waals surface area contributed by atoms with Gasteiger partial charge < -0.3 is 14.4 Å². The number of pyridine rings is 1. The first-order valence-corrected chi connectivity index (χ1v) is 11.1. The highest BCUT2D eigenvalue weighted by Gasteiger charge is 2.33. The molecule has 0 N–H and O–H groups in total. The van der Waals surface area contributed by atoms with E-state index in [0.717, 1.165) is 49.4 Å². The highest BCUT2D eigenvalue weighted by atomic mass is 19.4. The Kier molecular flexibility index (Phi) is 7.18. The van der Waals surface area contributed by atoms with E-state index in [0.29, 0.717) is 17.9 Å². The SMILES string of the molecule is COCCN1CCC(n2cc3cc(CC(=O)c4cccc(C(F)(F)F)n4)c(OC)cc3n2)CC1. The smallest absolute Gasteiger partial charge is 0.433 e. The zero-order valence-corrected chi connectivity index (χ0v) is 19.1. The number of hydrogen-bond donors (Lipinski definition) is 0. The summed E-state index contributed by atoms with van der Waals surface area (Å²) < 4.78 is 51.5. The first-order chi connectivity index (χ1) is 16.3. The summed E-state index contributed by atoms with van der Waals surface area (Å²) >= 11 is 0. The maximum absolute atomic E-state index is 13.0. The number of fused-ring (bicyclic) bond motifs is 1. The highest BCUT2D eigenvalue weighted by molar-refractivity contribution is 5.97. The van der Waals surface area contributed by atoms with Crippen molar-refractivity contribution in [2.45, 2.75) is 31.5 Å². The Morgan fingerprint density at radius 1 is 1.18 bits per heavy atom. The summed E-state index contributed by atoms with van der Waals surface area (Å²) in [7, 11) is 3.19. The molecule has 3 heterocycles. The van der Waals surface area contributed by atoms with Gasteiger partial charge in [-0.25, -0.2) is 4.98 Å². The molecule has 34 heavy (non-hydrogen) atoms. The largest absolute Gasteiger partial charge is 0.496 e. The number of aromatic nitrogens is 3. The van der Waals surface area contributed by atoms with Crippen LogP contribution in [0.2, 0.25) is 0 Å². The Bertz CT molecular complexity index is 1150. The number of rotatable bonds is 8. The van der Waals surface area contributed by atoms with Crippen molar-refractivity contribution in [1.82, 2.24) is 19.7 Å². The van der Waals surface area contributed by atoms with Crippen LogP contribution < -0.4 is 4.74 Å². The van der Waals surface area contributed by atoms with E-state index < -0.39 is 17.7 Å². The number of hydrogen-bond acceptors (Lipinski definition) is 6. The van der Waals surface area contributed by atoms with E-state index in [1.54, 1.807) is 13.2 Å². The lowest BCUT2D eigenvalue weighted by atomic mass is 10.0. The minimum Gasteiger partial charge on any atom is -0.496 e. The standard InChI is InChI=1S/C24H27F3N4O3/c1-33-11-10-30-8-6-18(7-9-30)31-15-17-12-16(22(34-2)14-20(17)29-31)13-21(32)19-4-3-5-23(28-19)24(25,26)27/h3-5,12,14-15,18H,6-11,13H2,1-2H3. The molecule has 0 spiro atoms. The molecule has 1 fully saturated rings. The number of methoxy groups -OCH3 is 2. The van der Waals surface area contributed by atoms with Gasteiger partial charge in [0.25, 0.3) is 0 Å². The number of piperidine rings is 1. The topological polar surface area (TPSA) is 69.5 Å². The Balaban J connectivity index is 1.52. The van der Waals surface area contributed by atoms with Crippen molar-refractivity contribution in [2.24, 2.45) is 0 Å². The molecule has 1 saturated heterocycles. The van der Waals surface area contributed by atoms with Crippen molar-refractivity contribution < 1.29 is 27.4 Å². The number of ketones is 1. The number of halogens is 3. The van der Waals surface area contributed by atoms with Crippen molar-refractivity contribution in [2.75, 3.05) is 40.5 Å². The van der Waals surface area contributed by atoms with Crippen LogP contribution in [0, 0.1) is 0 Å². The summed E-state index contributed by atoms with van der Waals surface area (Å²) in [5, 5.41) is 5.57. The number of likely N-dealkylation sites (tertiary alicyclic amines) is 1. The third-order valence-corrected chi connectivity index (χ3v) is 6.14. The van der Waals surface area contributed by atoms with Crippen LogP contribution >= 0.6 is 0 Å². The third-order valence-electron chi connectivity index (χ3n) is 6.14. The molecule has 0 unspecified atom stereocenters. The Morgan fingerprint density at radius 3 is 2.62 bits per heavy atom. The summed E-state index contributed by atoms with van der Waals surface area (Å²) in [5.41, 5.74) is 0.00316. The molecule has 2 aromatic heterocycles. The molecule has 4 rings (SSSR count). The summed E-state index contributed by atoms with van der Waals surface area (Å²) in [6.07, 6.45) is -0.832. The molecule has 182 valence electrons. The molecule has 1 aliphatic rings. The monoisotopic (exact) mass is 476 g/mol. The van der Waals surface area contributed by atoms with Gasteiger partial charge in [0.05, 0.1) is 25.3 Å². The molecule has 1 aliphatic heterocycles. The predicted octanol–water partition coefficient (Wildman–Crippen LogP) is 4.17. The second kappa shape index (κ2) is 10.1. The lowest BCUT2D eigenvalue weighted by Gasteiger charge is -2.31. The molecule has 0 saturated carbocycles. The lowest BCUT2D eigenvalue weighted by molar-refractivity contribution is -0.141. The van der Waals surface area contributed by atoms with Crippen molar-refractivity contribution in [3.63, 3.8) is 0 Å². The molecule has 0 amide bonds. The van der Waals surface area contributed by atoms with E-state index in [1.165, 1.54) is 19.2 Å². The van der Waals surface area contributed by atoms with Gasteiger partial charge in [-0.2, -0.15) is 18.3 Å². The fourth-order valence-corrected chi connectivity index (χ4v) is 4.27. The molecule has 7 nitrogen and oxygen atoms in total. The predicted molar refractivity (Wildman–Crippen MR) is 120 cm³/mol. The maximum Gasteiger partial charge on any atom is 0.433 e. The third kappa shape index (κ3) is 5.39. The van der Waals surface area contributed by atoms with Crippen molar-refractivity contribution in [3.8, 4) is 5.75 Å². The van der Waals surface area contributed by atoms with E-state index in [2.05, 4.69) is 9.88 Å². The van der Waals surface area contributed by atoms with Crippen LogP contribution in [-0.2, 0) is 17.3 Å². The van der Waals surface area contributed by atoms with Crippen molar-refractivity contribution >= 4 is 16.7 Å². The molecule has 0 bridgehead atoms. The zero-order valence-electron chi connectivity index (χ0n) is 19.1. The minimum absolute atomic E-state index is 0.128. The summed E-state index contributed by atoms with van der Waals surface area (Å²) in [4.78, 5) is 18.6. The maximum atomic E-state index is 13.0. The van der Waals surface area contributed by atoms with Gasteiger partial charge in [0, 0.05) is 56.4 Å². The minimum atomic E-state index is -4.61. The number of benzene rings is 1. The Morgan fingerprint density at radius 2 is 1.94 bits per heavy atom. The highest BCUT2D eigenvalue weighted by Crippen LogP contribution is 2.30. The van der Waals surface area contributed by atoms with Crippen LogP contribution in [-0.4, -0.2) is 65.9 Å². The van der Waals surface area contributed by atoms with Gasteiger partial charge in [-0.05, 0) is 31.0 Å². The Labute approximate surface area is 195 Å². The van der Waals surface area contributed by atoms with Crippen LogP contribution in [0.5, 0.6) is 5.75 Å². The van der Waals surface area contributed by atoms with Crippen LogP contribution in [0.25, 0.3) is 10.9 Å². The summed E-state index contributed by atoms with van der Waals surface area (Å²) in [5.74, 6) is -0.0490. The second-order valence-corrected chi connectivity index (χ2v) is 8.40. The van der Waals surface area contributed by atoms with Gasteiger partial charge in [0.15, 0.2) is 5.78 Å². The normalized spacial score (nSPS) is 15.7. The molecule has 0 aliphatic carbocycles. The van der Waals surface area contributed by atoms with E-state index in [9.17, 15) is 18.0 Å². The van der Waals surface area contributed by atoms with E-state index in [4.69, 9.17) is 14.6 Å². The zero-order chi connectivity index (χ0) is 24.3. The van der Waals surface area contributed by atoms with Gasteiger partial charge in [-0.15, -0.1) is 0 Å². The summed E-state index contributed by atoms with van der Waals surface area (Å²) in [6, 6.07) is 7.18. The number of ether oxygens (including phenoxy) is 2. The van der Waals surface area contributed by atoms with E-state index in [-0.39, 0.29) is 18.2 Å². The van der Waals surface area contributed by atoms with Crippen molar-refractivity contribution in [1.29, 1.82) is 0 Å². The lowest BCUT2D eigenvalue weighted by Crippen LogP contribution is -2.36. The number of carbonyl (C=O) groups excluding carboxylic acids is 1. The van der Waals surface area contributed by atoms with Crippen LogP contribution in [0.1, 0.15) is 40.6 Å². The second-order valence-electron chi connectivity index (χ2n) is 8.40. The van der Waals surface area contributed by atoms with Crippen LogP contribution in [0.3, 0.4) is 0 Å². The quantitative estimate of drug-likeness (QED) is 0.455. The Hall–Kier alpha value is -2.98. The summed E-state index contributed by atoms with van der Waals surface area (Å²) in [6.45, 7) is 3.57. The molecule has 3 aromatic rings. The van der Waals surface area contributed by atoms with Gasteiger partial charge in [0.1, 0.15) is 17.1 Å². The van der Waals surface area contributed by atoms with Crippen LogP contribution in [0.4, 0.5) is 13.2 Å². The fraction of sp³-hybridized carbons (Fsp3) is 0.458. The van der Waals surface area contributed by atoms with Gasteiger partial charge in [0.2, 0.25) is 0 Å². The first kappa shape index (κ1) is 24.2. The number of carbonyl (C=O) groups is 1. The number of Topliss-reactive ketones (excluding diaryl/α,β-unsaturated/α-hetero) is 1. The average molecular weight is 476 g/mol. The van der Waals surface area contributed by atoms with E-state index >= 15 is 0 Å². The van der Waals surface area contributed by atoms with Crippen LogP contribution in [0.15, 0.2) is 36.5 Å². The fourth-order valence-electron chi connectivity index (χ4n) is 4.27. The average Bonchev–Trinajstić information content (AvgIpc) is 3.25. The van der Waals surface area contributed by atoms with Gasteiger partial charge >= 0.3 is 6.18 Å². The molecule has 1 aromatic carbocycles. The molecular weight excluding hydrogens is 449 g/mol. The number of nitrogens with zero attached hydrogens (tertiary/aromatic N) is 4. The number of alkyl halides is 3. The van der Waals surface area contributed by atoms with Crippen molar-refractivity contribution in [3.05, 3.63) is 53.5 Å². The first-order valence-electron chi connectivity index (χ1n) is 11.1. The molecule has 10 heteroatoms. The van der Waals surface area contributed by atoms with Gasteiger partial charge in [-0.1, -0.05) is 6.07 Å².